The molecule has 2 aromatic heterocycles. The van der Waals surface area contributed by atoms with Gasteiger partial charge in [0.25, 0.3) is 5.56 Å². The topological polar surface area (TPSA) is 68.9 Å². The van der Waals surface area contributed by atoms with Crippen LogP contribution in [0.1, 0.15) is 5.56 Å². The molecule has 4 rings (SSSR count). The summed E-state index contributed by atoms with van der Waals surface area (Å²) in [7, 11) is 1.61. The molecule has 0 aliphatic rings. The molecule has 1 N–H and O–H groups in total. The number of para-hydroxylation sites is 1. The minimum atomic E-state index is -0.219. The van der Waals surface area contributed by atoms with Gasteiger partial charge >= 0.3 is 0 Å². The smallest absolute Gasteiger partial charge is 0.291 e. The summed E-state index contributed by atoms with van der Waals surface area (Å²) in [5.74, 6) is -0.156. The van der Waals surface area contributed by atoms with E-state index in [0.717, 1.165) is 26.3 Å². The van der Waals surface area contributed by atoms with Crippen LogP contribution in [0.4, 0.5) is 0 Å². The lowest BCUT2D eigenvalue weighted by Crippen LogP contribution is -2.29. The van der Waals surface area contributed by atoms with Crippen LogP contribution in [0.2, 0.25) is 0 Å². The third-order valence-electron chi connectivity index (χ3n) is 4.55. The van der Waals surface area contributed by atoms with Gasteiger partial charge in [-0.15, -0.1) is 0 Å². The van der Waals surface area contributed by atoms with Crippen molar-refractivity contribution in [3.63, 3.8) is 0 Å². The summed E-state index contributed by atoms with van der Waals surface area (Å²) in [6.07, 6.45) is 1.68. The van der Waals surface area contributed by atoms with Gasteiger partial charge in [-0.25, -0.2) is 4.68 Å². The first-order chi connectivity index (χ1) is 13.0. The van der Waals surface area contributed by atoms with E-state index in [9.17, 15) is 9.59 Å². The van der Waals surface area contributed by atoms with Crippen molar-refractivity contribution in [3.8, 4) is 0 Å². The maximum Gasteiger partial charge on any atom is 0.291 e. The van der Waals surface area contributed by atoms with Gasteiger partial charge in [-0.3, -0.25) is 9.59 Å². The third kappa shape index (κ3) is 3.26. The summed E-state index contributed by atoms with van der Waals surface area (Å²) in [5.41, 5.74) is 2.12. The molecule has 0 saturated heterocycles. The SMILES string of the molecule is Cn1ncc2c3ccccc3n(CC(=O)NCc3cccc(Br)c3)c2c1=O. The largest absolute Gasteiger partial charge is 0.350 e. The molecule has 0 atom stereocenters. The standard InChI is InChI=1S/C20H17BrN4O2/c1-24-20(27)19-16(11-23-24)15-7-2-3-8-17(15)25(19)12-18(26)22-10-13-5-4-6-14(21)9-13/h2-9,11H,10,12H2,1H3,(H,22,26). The Morgan fingerprint density at radius 1 is 1.15 bits per heavy atom. The molecule has 2 aromatic carbocycles. The van der Waals surface area contributed by atoms with Gasteiger partial charge in [0.15, 0.2) is 0 Å². The van der Waals surface area contributed by atoms with Crippen molar-refractivity contribution < 1.29 is 4.79 Å². The van der Waals surface area contributed by atoms with Crippen LogP contribution in [0, 0.1) is 0 Å². The molecule has 0 aliphatic heterocycles. The van der Waals surface area contributed by atoms with E-state index >= 15 is 0 Å². The Morgan fingerprint density at radius 2 is 1.96 bits per heavy atom. The number of nitrogens with zero attached hydrogens (tertiary/aromatic N) is 3. The summed E-state index contributed by atoms with van der Waals surface area (Å²) in [4.78, 5) is 25.2. The van der Waals surface area contributed by atoms with Gasteiger partial charge in [0.05, 0.1) is 6.20 Å². The van der Waals surface area contributed by atoms with Crippen molar-refractivity contribution in [1.29, 1.82) is 0 Å². The zero-order valence-electron chi connectivity index (χ0n) is 14.6. The van der Waals surface area contributed by atoms with Crippen LogP contribution in [-0.4, -0.2) is 20.3 Å². The normalized spacial score (nSPS) is 11.2. The summed E-state index contributed by atoms with van der Waals surface area (Å²) in [6.45, 7) is 0.492. The first-order valence-electron chi connectivity index (χ1n) is 8.49. The fourth-order valence-corrected chi connectivity index (χ4v) is 3.70. The van der Waals surface area contributed by atoms with Gasteiger partial charge in [0, 0.05) is 34.4 Å². The molecule has 0 bridgehead atoms. The summed E-state index contributed by atoms with van der Waals surface area (Å²) < 4.78 is 4.02. The highest BCUT2D eigenvalue weighted by Crippen LogP contribution is 2.26. The molecule has 0 aliphatic carbocycles. The molecule has 0 radical (unpaired) electrons. The van der Waals surface area contributed by atoms with Gasteiger partial charge in [-0.1, -0.05) is 46.3 Å². The number of halogens is 1. The zero-order chi connectivity index (χ0) is 19.0. The van der Waals surface area contributed by atoms with Crippen molar-refractivity contribution >= 4 is 43.6 Å². The quantitative estimate of drug-likeness (QED) is 0.547. The molecule has 0 saturated carbocycles. The lowest BCUT2D eigenvalue weighted by atomic mass is 10.2. The second kappa shape index (κ2) is 7.00. The minimum Gasteiger partial charge on any atom is -0.350 e. The number of aryl methyl sites for hydroxylation is 1. The van der Waals surface area contributed by atoms with Crippen molar-refractivity contribution in [3.05, 3.63) is 75.1 Å². The summed E-state index contributed by atoms with van der Waals surface area (Å²) in [6, 6.07) is 15.4. The molecule has 27 heavy (non-hydrogen) atoms. The molecule has 7 heteroatoms. The lowest BCUT2D eigenvalue weighted by Gasteiger charge is -2.09. The number of aromatic nitrogens is 3. The number of hydrogen-bond donors (Lipinski definition) is 1. The van der Waals surface area contributed by atoms with Crippen molar-refractivity contribution in [2.75, 3.05) is 0 Å². The highest BCUT2D eigenvalue weighted by Gasteiger charge is 2.16. The Labute approximate surface area is 163 Å². The molecule has 0 fully saturated rings. The molecule has 136 valence electrons. The average molecular weight is 425 g/mol. The van der Waals surface area contributed by atoms with E-state index in [-0.39, 0.29) is 18.0 Å². The molecule has 1 amide bonds. The van der Waals surface area contributed by atoms with Crippen LogP contribution >= 0.6 is 15.9 Å². The van der Waals surface area contributed by atoms with E-state index in [1.165, 1.54) is 4.68 Å². The fraction of sp³-hybridized carbons (Fsp3) is 0.150. The van der Waals surface area contributed by atoms with Crippen LogP contribution in [0.5, 0.6) is 0 Å². The molecular weight excluding hydrogens is 408 g/mol. The van der Waals surface area contributed by atoms with Gasteiger partial charge in [0.2, 0.25) is 5.91 Å². The van der Waals surface area contributed by atoms with Gasteiger partial charge in [-0.05, 0) is 23.8 Å². The van der Waals surface area contributed by atoms with E-state index in [2.05, 4.69) is 26.3 Å². The predicted octanol–water partition coefficient (Wildman–Crippen LogP) is 2.97. The number of rotatable bonds is 4. The number of amides is 1. The molecule has 2 heterocycles. The number of nitrogens with one attached hydrogen (secondary N) is 1. The van der Waals surface area contributed by atoms with E-state index in [1.807, 2.05) is 48.5 Å². The average Bonchev–Trinajstić information content (AvgIpc) is 2.98. The molecule has 0 unspecified atom stereocenters. The van der Waals surface area contributed by atoms with Crippen LogP contribution in [0.25, 0.3) is 21.8 Å². The van der Waals surface area contributed by atoms with Crippen LogP contribution in [0.3, 0.4) is 0 Å². The van der Waals surface area contributed by atoms with E-state index < -0.39 is 0 Å². The van der Waals surface area contributed by atoms with Gasteiger partial charge in [-0.2, -0.15) is 5.10 Å². The second-order valence-electron chi connectivity index (χ2n) is 6.35. The van der Waals surface area contributed by atoms with E-state index in [1.54, 1.807) is 17.8 Å². The Balaban J connectivity index is 1.69. The monoisotopic (exact) mass is 424 g/mol. The number of carbonyl (C=O) groups excluding carboxylic acids is 1. The van der Waals surface area contributed by atoms with Gasteiger partial charge < -0.3 is 9.88 Å². The van der Waals surface area contributed by atoms with Gasteiger partial charge in [0.1, 0.15) is 12.1 Å². The maximum absolute atomic E-state index is 12.7. The molecule has 0 spiro atoms. The van der Waals surface area contributed by atoms with Crippen LogP contribution in [-0.2, 0) is 24.9 Å². The summed E-state index contributed by atoms with van der Waals surface area (Å²) >= 11 is 3.43. The zero-order valence-corrected chi connectivity index (χ0v) is 16.2. The van der Waals surface area contributed by atoms with E-state index in [4.69, 9.17) is 0 Å². The fourth-order valence-electron chi connectivity index (χ4n) is 3.25. The summed E-state index contributed by atoms with van der Waals surface area (Å²) in [5, 5.41) is 8.71. The van der Waals surface area contributed by atoms with Crippen molar-refractivity contribution in [2.24, 2.45) is 7.05 Å². The molecular formula is C20H17BrN4O2. The first-order valence-corrected chi connectivity index (χ1v) is 9.28. The number of fused-ring (bicyclic) bond motifs is 3. The molecule has 6 nitrogen and oxygen atoms in total. The van der Waals surface area contributed by atoms with Crippen molar-refractivity contribution in [1.82, 2.24) is 19.7 Å². The van der Waals surface area contributed by atoms with Crippen LogP contribution in [0.15, 0.2) is 64.0 Å². The number of benzene rings is 2. The Hall–Kier alpha value is -2.93. The second-order valence-corrected chi connectivity index (χ2v) is 7.26. The maximum atomic E-state index is 12.7. The van der Waals surface area contributed by atoms with E-state index in [0.29, 0.717) is 12.1 Å². The lowest BCUT2D eigenvalue weighted by molar-refractivity contribution is -0.121. The first kappa shape index (κ1) is 17.5. The molecule has 4 aromatic rings. The Kier molecular flexibility index (Phi) is 4.53. The highest BCUT2D eigenvalue weighted by molar-refractivity contribution is 9.10. The highest BCUT2D eigenvalue weighted by atomic mass is 79.9. The Morgan fingerprint density at radius 3 is 2.78 bits per heavy atom. The Bertz CT molecular complexity index is 1230. The number of hydrogen-bond acceptors (Lipinski definition) is 3. The van der Waals surface area contributed by atoms with Crippen LogP contribution < -0.4 is 10.9 Å². The predicted molar refractivity (Wildman–Crippen MR) is 108 cm³/mol. The number of carbonyl (C=O) groups is 1. The third-order valence-corrected chi connectivity index (χ3v) is 5.04. The van der Waals surface area contributed by atoms with Crippen molar-refractivity contribution in [2.45, 2.75) is 13.1 Å². The minimum absolute atomic E-state index is 0.0667.